The van der Waals surface area contributed by atoms with Crippen LogP contribution in [0.2, 0.25) is 0 Å². The van der Waals surface area contributed by atoms with E-state index in [-0.39, 0.29) is 5.56 Å². The first kappa shape index (κ1) is 26.3. The van der Waals surface area contributed by atoms with E-state index in [0.29, 0.717) is 53.6 Å². The number of nitrogens with zero attached hydrogens (tertiary/aromatic N) is 3. The Morgan fingerprint density at radius 2 is 1.62 bits per heavy atom. The van der Waals surface area contributed by atoms with E-state index in [1.165, 1.54) is 19.3 Å². The lowest BCUT2D eigenvalue weighted by Gasteiger charge is -2.11. The van der Waals surface area contributed by atoms with Crippen LogP contribution in [0.3, 0.4) is 0 Å². The van der Waals surface area contributed by atoms with E-state index in [0.717, 1.165) is 30.3 Å². The summed E-state index contributed by atoms with van der Waals surface area (Å²) < 4.78 is 18.3. The molecule has 0 saturated carbocycles. The SMILES string of the molecule is CCCCCCCCOC(=O)c1c(N)n(CCc2ccc(OC)c(OC)c2)c2nc3ccccc3nc12. The molecule has 0 amide bonds. The molecule has 2 aromatic carbocycles. The highest BCUT2D eigenvalue weighted by atomic mass is 16.5. The molecule has 2 N–H and O–H groups in total. The zero-order chi connectivity index (χ0) is 26.2. The van der Waals surface area contributed by atoms with Crippen LogP contribution in [0.5, 0.6) is 11.5 Å². The van der Waals surface area contributed by atoms with Crippen molar-refractivity contribution in [2.75, 3.05) is 26.6 Å². The third kappa shape index (κ3) is 5.96. The second-order valence-corrected chi connectivity index (χ2v) is 9.14. The number of fused-ring (bicyclic) bond motifs is 2. The minimum Gasteiger partial charge on any atom is -0.493 e. The molecule has 0 saturated heterocycles. The minimum absolute atomic E-state index is 0.284. The highest BCUT2D eigenvalue weighted by molar-refractivity contribution is 6.08. The fourth-order valence-electron chi connectivity index (χ4n) is 4.54. The number of aromatic nitrogens is 3. The van der Waals surface area contributed by atoms with Crippen molar-refractivity contribution in [2.24, 2.45) is 0 Å². The van der Waals surface area contributed by atoms with Gasteiger partial charge in [-0.1, -0.05) is 57.2 Å². The number of hydrogen-bond acceptors (Lipinski definition) is 7. The second-order valence-electron chi connectivity index (χ2n) is 9.14. The third-order valence-corrected chi connectivity index (χ3v) is 6.60. The van der Waals surface area contributed by atoms with E-state index < -0.39 is 5.97 Å². The molecular formula is C29H36N4O4. The molecular weight excluding hydrogens is 468 g/mol. The molecule has 0 unspecified atom stereocenters. The molecule has 2 heterocycles. The number of nitrogens with two attached hydrogens (primary N) is 1. The van der Waals surface area contributed by atoms with Crippen LogP contribution in [-0.2, 0) is 17.7 Å². The number of benzene rings is 2. The first-order valence-electron chi connectivity index (χ1n) is 13.0. The lowest BCUT2D eigenvalue weighted by Crippen LogP contribution is -2.11. The van der Waals surface area contributed by atoms with Gasteiger partial charge < -0.3 is 24.5 Å². The molecule has 8 heteroatoms. The van der Waals surface area contributed by atoms with Crippen molar-refractivity contribution >= 4 is 34.0 Å². The number of nitrogen functional groups attached to an aromatic ring is 1. The summed E-state index contributed by atoms with van der Waals surface area (Å²) >= 11 is 0. The van der Waals surface area contributed by atoms with E-state index in [4.69, 9.17) is 29.9 Å². The van der Waals surface area contributed by atoms with Crippen molar-refractivity contribution in [3.63, 3.8) is 0 Å². The monoisotopic (exact) mass is 504 g/mol. The maximum Gasteiger partial charge on any atom is 0.344 e. The number of hydrogen-bond donors (Lipinski definition) is 1. The smallest absolute Gasteiger partial charge is 0.344 e. The van der Waals surface area contributed by atoms with Gasteiger partial charge in [-0.15, -0.1) is 0 Å². The van der Waals surface area contributed by atoms with E-state index in [1.54, 1.807) is 14.2 Å². The van der Waals surface area contributed by atoms with Crippen LogP contribution < -0.4 is 15.2 Å². The zero-order valence-corrected chi connectivity index (χ0v) is 22.0. The number of methoxy groups -OCH3 is 2. The Hall–Kier alpha value is -3.81. The molecule has 0 spiro atoms. The van der Waals surface area contributed by atoms with Gasteiger partial charge in [0.15, 0.2) is 17.1 Å². The summed E-state index contributed by atoms with van der Waals surface area (Å²) in [6.45, 7) is 3.07. The third-order valence-electron chi connectivity index (χ3n) is 6.60. The van der Waals surface area contributed by atoms with Crippen molar-refractivity contribution in [1.82, 2.24) is 14.5 Å². The molecule has 0 aliphatic heterocycles. The van der Waals surface area contributed by atoms with Gasteiger partial charge in [-0.3, -0.25) is 0 Å². The van der Waals surface area contributed by atoms with Crippen LogP contribution in [0.1, 0.15) is 61.4 Å². The summed E-state index contributed by atoms with van der Waals surface area (Å²) in [6.07, 6.45) is 7.34. The standard InChI is InChI=1S/C29H36N4O4/c1-4-5-6-7-8-11-18-37-29(34)25-26-28(32-22-13-10-9-12-21(22)31-26)33(27(25)30)17-16-20-14-15-23(35-2)24(19-20)36-3/h9-10,12-15,19H,4-8,11,16-18,30H2,1-3H3. The average molecular weight is 505 g/mol. The van der Waals surface area contributed by atoms with Gasteiger partial charge in [0, 0.05) is 6.54 Å². The molecule has 0 radical (unpaired) electrons. The minimum atomic E-state index is -0.453. The van der Waals surface area contributed by atoms with E-state index >= 15 is 0 Å². The number of carbonyl (C=O) groups is 1. The summed E-state index contributed by atoms with van der Waals surface area (Å²) in [6, 6.07) is 13.4. The quantitative estimate of drug-likeness (QED) is 0.177. The first-order valence-corrected chi connectivity index (χ1v) is 13.0. The first-order chi connectivity index (χ1) is 18.1. The summed E-state index contributed by atoms with van der Waals surface area (Å²) in [5.41, 5.74) is 10.4. The molecule has 0 aliphatic carbocycles. The number of unbranched alkanes of at least 4 members (excludes halogenated alkanes) is 5. The predicted octanol–water partition coefficient (Wildman–Crippen LogP) is 5.94. The van der Waals surface area contributed by atoms with Crippen LogP contribution in [0.15, 0.2) is 42.5 Å². The maximum atomic E-state index is 13.2. The van der Waals surface area contributed by atoms with Crippen LogP contribution >= 0.6 is 0 Å². The van der Waals surface area contributed by atoms with Crippen molar-refractivity contribution < 1.29 is 19.0 Å². The molecule has 4 aromatic rings. The van der Waals surface area contributed by atoms with Gasteiger partial charge in [0.1, 0.15) is 16.9 Å². The predicted molar refractivity (Wildman–Crippen MR) is 146 cm³/mol. The Labute approximate surface area is 217 Å². The van der Waals surface area contributed by atoms with Gasteiger partial charge in [-0.25, -0.2) is 14.8 Å². The van der Waals surface area contributed by atoms with Crippen LogP contribution in [0.4, 0.5) is 5.82 Å². The Morgan fingerprint density at radius 1 is 0.919 bits per heavy atom. The number of para-hydroxylation sites is 2. The lowest BCUT2D eigenvalue weighted by atomic mass is 10.1. The van der Waals surface area contributed by atoms with Gasteiger partial charge >= 0.3 is 5.97 Å². The van der Waals surface area contributed by atoms with E-state index in [2.05, 4.69) is 6.92 Å². The van der Waals surface area contributed by atoms with E-state index in [9.17, 15) is 4.79 Å². The molecule has 0 aliphatic rings. The summed E-state index contributed by atoms with van der Waals surface area (Å²) in [7, 11) is 3.23. The number of aryl methyl sites for hydroxylation is 2. The number of esters is 1. The largest absolute Gasteiger partial charge is 0.493 e. The lowest BCUT2D eigenvalue weighted by molar-refractivity contribution is 0.0501. The normalized spacial score (nSPS) is 11.2. The molecule has 0 bridgehead atoms. The fourth-order valence-corrected chi connectivity index (χ4v) is 4.54. The van der Waals surface area contributed by atoms with Gasteiger partial charge in [-0.05, 0) is 42.7 Å². The number of rotatable bonds is 13. The van der Waals surface area contributed by atoms with Gasteiger partial charge in [-0.2, -0.15) is 0 Å². The fraction of sp³-hybridized carbons (Fsp3) is 0.414. The van der Waals surface area contributed by atoms with Crippen LogP contribution in [-0.4, -0.2) is 41.3 Å². The Balaban J connectivity index is 1.59. The molecule has 0 fully saturated rings. The Kier molecular flexibility index (Phi) is 8.82. The molecule has 2 aromatic heterocycles. The van der Waals surface area contributed by atoms with Gasteiger partial charge in [0.2, 0.25) is 0 Å². The summed E-state index contributed by atoms with van der Waals surface area (Å²) in [5.74, 6) is 1.20. The van der Waals surface area contributed by atoms with Crippen molar-refractivity contribution in [3.8, 4) is 11.5 Å². The molecule has 37 heavy (non-hydrogen) atoms. The average Bonchev–Trinajstić information content (AvgIpc) is 3.19. The molecule has 0 atom stereocenters. The Bertz CT molecular complexity index is 1370. The topological polar surface area (TPSA) is 101 Å². The molecule has 8 nitrogen and oxygen atoms in total. The van der Waals surface area contributed by atoms with Crippen molar-refractivity contribution in [1.29, 1.82) is 0 Å². The van der Waals surface area contributed by atoms with Crippen molar-refractivity contribution in [2.45, 2.75) is 58.4 Å². The second kappa shape index (κ2) is 12.4. The highest BCUT2D eigenvalue weighted by Gasteiger charge is 2.25. The summed E-state index contributed by atoms with van der Waals surface area (Å²) in [5, 5.41) is 0. The Morgan fingerprint density at radius 3 is 2.35 bits per heavy atom. The van der Waals surface area contributed by atoms with Gasteiger partial charge in [0.05, 0.1) is 31.9 Å². The van der Waals surface area contributed by atoms with Crippen LogP contribution in [0.25, 0.3) is 22.2 Å². The maximum absolute atomic E-state index is 13.2. The molecule has 196 valence electrons. The number of carbonyl (C=O) groups excluding carboxylic acids is 1. The molecule has 4 rings (SSSR count). The van der Waals surface area contributed by atoms with Gasteiger partial charge in [0.25, 0.3) is 0 Å². The van der Waals surface area contributed by atoms with E-state index in [1.807, 2.05) is 47.0 Å². The van der Waals surface area contributed by atoms with Crippen molar-refractivity contribution in [3.05, 3.63) is 53.6 Å². The van der Waals surface area contributed by atoms with Crippen LogP contribution in [0, 0.1) is 0 Å². The number of anilines is 1. The number of ether oxygens (including phenoxy) is 3. The summed E-state index contributed by atoms with van der Waals surface area (Å²) in [4.78, 5) is 22.8. The highest BCUT2D eigenvalue weighted by Crippen LogP contribution is 2.31. The zero-order valence-electron chi connectivity index (χ0n) is 22.0.